The van der Waals surface area contributed by atoms with Gasteiger partial charge in [-0.05, 0) is 19.4 Å². The van der Waals surface area contributed by atoms with Gasteiger partial charge in [-0.2, -0.15) is 0 Å². The average molecular weight is 152 g/mol. The highest BCUT2D eigenvalue weighted by Crippen LogP contribution is 2.44. The zero-order valence-electron chi connectivity index (χ0n) is 6.67. The Labute approximate surface area is 66.2 Å². The van der Waals surface area contributed by atoms with E-state index in [0.29, 0.717) is 18.9 Å². The first kappa shape index (κ1) is 7.04. The van der Waals surface area contributed by atoms with Gasteiger partial charge >= 0.3 is 0 Å². The second-order valence-corrected chi connectivity index (χ2v) is 3.15. The Balaban J connectivity index is 2.22. The quantitative estimate of drug-likeness (QED) is 0.558. The van der Waals surface area contributed by atoms with Crippen molar-refractivity contribution in [3.05, 3.63) is 12.2 Å². The Bertz CT molecular complexity index is 220. The maximum Gasteiger partial charge on any atom is 0.169 e. The van der Waals surface area contributed by atoms with Gasteiger partial charge in [0.1, 0.15) is 0 Å². The molecule has 1 saturated carbocycles. The summed E-state index contributed by atoms with van der Waals surface area (Å²) in [6, 6.07) is 0. The van der Waals surface area contributed by atoms with Gasteiger partial charge in [0.15, 0.2) is 11.4 Å². The number of carbonyl (C=O) groups is 1. The van der Waals surface area contributed by atoms with Crippen LogP contribution in [0, 0.1) is 5.92 Å². The van der Waals surface area contributed by atoms with Crippen molar-refractivity contribution in [3.63, 3.8) is 0 Å². The van der Waals surface area contributed by atoms with Crippen molar-refractivity contribution in [2.24, 2.45) is 5.92 Å². The summed E-state index contributed by atoms with van der Waals surface area (Å²) in [6.07, 6.45) is 5.67. The number of Topliss-reactive ketones (excluding diaryl/α,β-unsaturated/α-hetero) is 1. The van der Waals surface area contributed by atoms with Crippen molar-refractivity contribution in [1.82, 2.24) is 0 Å². The zero-order chi connectivity index (χ0) is 7.90. The fraction of sp³-hybridized carbons (Fsp3) is 0.667. The molecule has 0 aromatic heterocycles. The monoisotopic (exact) mass is 152 g/mol. The predicted molar refractivity (Wildman–Crippen MR) is 41.2 cm³/mol. The Morgan fingerprint density at radius 3 is 3.09 bits per heavy atom. The van der Waals surface area contributed by atoms with E-state index in [9.17, 15) is 4.79 Å². The van der Waals surface area contributed by atoms with Crippen LogP contribution in [0.25, 0.3) is 0 Å². The third-order valence-electron chi connectivity index (χ3n) is 2.63. The Morgan fingerprint density at radius 1 is 1.82 bits per heavy atom. The van der Waals surface area contributed by atoms with Crippen LogP contribution in [0.5, 0.6) is 0 Å². The summed E-state index contributed by atoms with van der Waals surface area (Å²) < 4.78 is 5.47. The lowest BCUT2D eigenvalue weighted by molar-refractivity contribution is -0.138. The largest absolute Gasteiger partial charge is 0.363 e. The summed E-state index contributed by atoms with van der Waals surface area (Å²) in [5, 5.41) is 0. The summed E-state index contributed by atoms with van der Waals surface area (Å²) in [7, 11) is 0. The number of ether oxygens (including phenoxy) is 1. The van der Waals surface area contributed by atoms with Crippen molar-refractivity contribution in [3.8, 4) is 0 Å². The van der Waals surface area contributed by atoms with Crippen LogP contribution >= 0.6 is 0 Å². The van der Waals surface area contributed by atoms with Crippen LogP contribution < -0.4 is 0 Å². The third-order valence-corrected chi connectivity index (χ3v) is 2.63. The molecule has 2 heteroatoms. The maximum absolute atomic E-state index is 11.4. The molecule has 0 heterocycles. The normalized spacial score (nSPS) is 40.5. The molecule has 2 atom stereocenters. The highest BCUT2D eigenvalue weighted by atomic mass is 16.5. The molecule has 1 fully saturated rings. The Kier molecular flexibility index (Phi) is 1.39. The fourth-order valence-electron chi connectivity index (χ4n) is 1.97. The van der Waals surface area contributed by atoms with Crippen LogP contribution in [0.1, 0.15) is 19.8 Å². The van der Waals surface area contributed by atoms with Gasteiger partial charge in [-0.15, -0.1) is 0 Å². The van der Waals surface area contributed by atoms with E-state index in [1.54, 1.807) is 0 Å². The lowest BCUT2D eigenvalue weighted by Crippen LogP contribution is -2.45. The summed E-state index contributed by atoms with van der Waals surface area (Å²) in [6.45, 7) is 2.57. The van der Waals surface area contributed by atoms with Crippen molar-refractivity contribution >= 4 is 5.78 Å². The van der Waals surface area contributed by atoms with E-state index in [1.807, 2.05) is 13.0 Å². The van der Waals surface area contributed by atoms with E-state index in [0.717, 1.165) is 6.42 Å². The number of hydrogen-bond acceptors (Lipinski definition) is 2. The maximum atomic E-state index is 11.4. The molecule has 2 nitrogen and oxygen atoms in total. The minimum absolute atomic E-state index is 0.270. The molecule has 2 aliphatic carbocycles. The molecule has 0 aromatic carbocycles. The van der Waals surface area contributed by atoms with Crippen molar-refractivity contribution in [2.45, 2.75) is 25.4 Å². The molecular formula is C9H12O2. The Morgan fingerprint density at radius 2 is 2.64 bits per heavy atom. The van der Waals surface area contributed by atoms with E-state index in [1.165, 1.54) is 0 Å². The molecule has 11 heavy (non-hydrogen) atoms. The lowest BCUT2D eigenvalue weighted by atomic mass is 9.80. The van der Waals surface area contributed by atoms with Crippen LogP contribution in [0.4, 0.5) is 0 Å². The number of carbonyl (C=O) groups excluding carboxylic acids is 1. The lowest BCUT2D eigenvalue weighted by Gasteiger charge is -2.35. The molecular weight excluding hydrogens is 140 g/mol. The van der Waals surface area contributed by atoms with E-state index in [-0.39, 0.29) is 5.78 Å². The van der Waals surface area contributed by atoms with Gasteiger partial charge in [-0.25, -0.2) is 0 Å². The number of rotatable bonds is 2. The van der Waals surface area contributed by atoms with Gasteiger partial charge in [0.25, 0.3) is 0 Å². The van der Waals surface area contributed by atoms with Crippen LogP contribution in [-0.4, -0.2) is 18.0 Å². The van der Waals surface area contributed by atoms with Crippen LogP contribution in [0.3, 0.4) is 0 Å². The molecule has 0 amide bonds. The summed E-state index contributed by atoms with van der Waals surface area (Å²) in [5.41, 5.74) is -0.477. The second-order valence-electron chi connectivity index (χ2n) is 3.15. The first-order chi connectivity index (χ1) is 5.29. The molecule has 0 aromatic rings. The molecule has 0 aliphatic heterocycles. The molecule has 2 aliphatic rings. The van der Waals surface area contributed by atoms with Gasteiger partial charge in [0, 0.05) is 18.9 Å². The van der Waals surface area contributed by atoms with Crippen LogP contribution in [0.2, 0.25) is 0 Å². The van der Waals surface area contributed by atoms with Crippen molar-refractivity contribution in [1.29, 1.82) is 0 Å². The van der Waals surface area contributed by atoms with Gasteiger partial charge < -0.3 is 4.74 Å². The average Bonchev–Trinajstić information content (AvgIpc) is 2.14. The molecule has 60 valence electrons. The molecule has 2 rings (SSSR count). The minimum Gasteiger partial charge on any atom is -0.363 e. The smallest absolute Gasteiger partial charge is 0.169 e. The number of ketones is 1. The van der Waals surface area contributed by atoms with Crippen LogP contribution in [0.15, 0.2) is 12.2 Å². The first-order valence-corrected chi connectivity index (χ1v) is 4.16. The predicted octanol–water partition coefficient (Wildman–Crippen LogP) is 1.31. The molecule has 2 unspecified atom stereocenters. The molecule has 0 radical (unpaired) electrons. The third kappa shape index (κ3) is 0.732. The van der Waals surface area contributed by atoms with Gasteiger partial charge in [0.05, 0.1) is 0 Å². The van der Waals surface area contributed by atoms with Gasteiger partial charge in [-0.3, -0.25) is 4.79 Å². The second kappa shape index (κ2) is 2.18. The minimum atomic E-state index is -0.477. The number of hydrogen-bond donors (Lipinski definition) is 0. The van der Waals surface area contributed by atoms with E-state index >= 15 is 0 Å². The standard InChI is InChI=1S/C9H12O2/c1-2-11-9-6-5-7(9)3-4-8(9)10/h5-7H,2-4H2,1H3. The number of fused-ring (bicyclic) bond motifs is 1. The Hall–Kier alpha value is -0.630. The summed E-state index contributed by atoms with van der Waals surface area (Å²) >= 11 is 0. The highest BCUT2D eigenvalue weighted by Gasteiger charge is 2.52. The summed E-state index contributed by atoms with van der Waals surface area (Å²) in [5.74, 6) is 0.654. The molecule has 0 N–H and O–H groups in total. The van der Waals surface area contributed by atoms with Crippen LogP contribution in [-0.2, 0) is 9.53 Å². The van der Waals surface area contributed by atoms with Crippen molar-refractivity contribution in [2.75, 3.05) is 6.61 Å². The first-order valence-electron chi connectivity index (χ1n) is 4.16. The summed E-state index contributed by atoms with van der Waals surface area (Å²) in [4.78, 5) is 11.4. The van der Waals surface area contributed by atoms with E-state index in [2.05, 4.69) is 6.08 Å². The molecule has 0 bridgehead atoms. The molecule has 0 spiro atoms. The topological polar surface area (TPSA) is 26.3 Å². The molecule has 0 saturated heterocycles. The highest BCUT2D eigenvalue weighted by molar-refractivity contribution is 5.94. The SMILES string of the molecule is CCOC12C=CC1CCC2=O. The van der Waals surface area contributed by atoms with E-state index < -0.39 is 5.60 Å². The van der Waals surface area contributed by atoms with Gasteiger partial charge in [0.2, 0.25) is 0 Å². The van der Waals surface area contributed by atoms with Crippen molar-refractivity contribution < 1.29 is 9.53 Å². The zero-order valence-corrected chi connectivity index (χ0v) is 6.67. The fourth-order valence-corrected chi connectivity index (χ4v) is 1.97. The van der Waals surface area contributed by atoms with E-state index in [4.69, 9.17) is 4.74 Å². The van der Waals surface area contributed by atoms with Gasteiger partial charge in [-0.1, -0.05) is 6.08 Å².